The lowest BCUT2D eigenvalue weighted by atomic mass is 9.95. The quantitative estimate of drug-likeness (QED) is 0.917. The first-order valence-corrected chi connectivity index (χ1v) is 8.88. The summed E-state index contributed by atoms with van der Waals surface area (Å²) in [5, 5.41) is 0. The monoisotopic (exact) mass is 326 g/mol. The number of imidazole rings is 1. The number of nitrogens with one attached hydrogen (secondary N) is 1. The van der Waals surface area contributed by atoms with E-state index in [9.17, 15) is 0 Å². The lowest BCUT2D eigenvalue weighted by molar-refractivity contribution is 0.120. The molecule has 1 aromatic carbocycles. The van der Waals surface area contributed by atoms with Crippen molar-refractivity contribution in [3.63, 3.8) is 0 Å². The van der Waals surface area contributed by atoms with Gasteiger partial charge >= 0.3 is 0 Å². The molecule has 5 nitrogen and oxygen atoms in total. The van der Waals surface area contributed by atoms with Crippen molar-refractivity contribution in [3.8, 4) is 5.75 Å². The van der Waals surface area contributed by atoms with Crippen LogP contribution in [0.4, 0.5) is 0 Å². The Morgan fingerprint density at radius 2 is 2.00 bits per heavy atom. The van der Waals surface area contributed by atoms with E-state index in [0.717, 1.165) is 37.1 Å². The van der Waals surface area contributed by atoms with E-state index in [0.29, 0.717) is 6.04 Å². The molecule has 24 heavy (non-hydrogen) atoms. The second-order valence-electron chi connectivity index (χ2n) is 7.10. The minimum absolute atomic E-state index is 0.645. The minimum atomic E-state index is 0.645. The number of hydrogen-bond acceptors (Lipinski definition) is 4. The third-order valence-electron chi connectivity index (χ3n) is 5.38. The third-order valence-corrected chi connectivity index (χ3v) is 5.38. The number of methoxy groups -OCH3 is 1. The molecule has 5 heteroatoms. The van der Waals surface area contributed by atoms with Gasteiger partial charge in [0, 0.05) is 44.6 Å². The van der Waals surface area contributed by atoms with Crippen molar-refractivity contribution in [3.05, 3.63) is 48.0 Å². The van der Waals surface area contributed by atoms with Crippen LogP contribution in [0.15, 0.2) is 36.7 Å². The molecule has 0 aliphatic carbocycles. The van der Waals surface area contributed by atoms with Gasteiger partial charge in [0.25, 0.3) is 0 Å². The smallest absolute Gasteiger partial charge is 0.120 e. The Morgan fingerprint density at radius 1 is 1.12 bits per heavy atom. The van der Waals surface area contributed by atoms with Gasteiger partial charge in [0.1, 0.15) is 11.6 Å². The van der Waals surface area contributed by atoms with Crippen LogP contribution in [-0.4, -0.2) is 52.6 Å². The summed E-state index contributed by atoms with van der Waals surface area (Å²) in [6, 6.07) is 9.14. The van der Waals surface area contributed by atoms with Gasteiger partial charge in [-0.3, -0.25) is 9.80 Å². The summed E-state index contributed by atoms with van der Waals surface area (Å²) >= 11 is 0. The molecule has 4 heterocycles. The second kappa shape index (κ2) is 6.95. The zero-order chi connectivity index (χ0) is 16.4. The van der Waals surface area contributed by atoms with Crippen LogP contribution in [0.1, 0.15) is 24.2 Å². The summed E-state index contributed by atoms with van der Waals surface area (Å²) in [6.07, 6.45) is 6.44. The number of benzene rings is 1. The van der Waals surface area contributed by atoms with E-state index in [1.54, 1.807) is 7.11 Å². The summed E-state index contributed by atoms with van der Waals surface area (Å²) in [7, 11) is 1.72. The molecule has 3 aliphatic rings. The Hall–Kier alpha value is -1.85. The maximum atomic E-state index is 5.26. The SMILES string of the molecule is COc1ccc(CN2C[C@H]3CC[C@@H](C2)N(Cc2ncc[nH]2)C3)cc1. The van der Waals surface area contributed by atoms with Crippen LogP contribution in [0.2, 0.25) is 0 Å². The summed E-state index contributed by atoms with van der Waals surface area (Å²) < 4.78 is 5.26. The molecule has 2 atom stereocenters. The van der Waals surface area contributed by atoms with Crippen molar-refractivity contribution in [1.29, 1.82) is 0 Å². The minimum Gasteiger partial charge on any atom is -0.497 e. The molecule has 3 aliphatic heterocycles. The van der Waals surface area contributed by atoms with Gasteiger partial charge in [-0.25, -0.2) is 4.98 Å². The molecule has 3 saturated heterocycles. The number of rotatable bonds is 5. The van der Waals surface area contributed by atoms with E-state index in [1.807, 2.05) is 12.4 Å². The Labute approximate surface area is 143 Å². The second-order valence-corrected chi connectivity index (χ2v) is 7.10. The first-order valence-electron chi connectivity index (χ1n) is 8.88. The van der Waals surface area contributed by atoms with Crippen molar-refractivity contribution in [2.45, 2.75) is 32.0 Å². The maximum Gasteiger partial charge on any atom is 0.120 e. The third kappa shape index (κ3) is 3.47. The zero-order valence-electron chi connectivity index (χ0n) is 14.3. The summed E-state index contributed by atoms with van der Waals surface area (Å²) in [5.41, 5.74) is 1.37. The van der Waals surface area contributed by atoms with Crippen molar-refractivity contribution < 1.29 is 4.74 Å². The molecule has 5 rings (SSSR count). The number of ether oxygens (including phenoxy) is 1. The molecule has 1 N–H and O–H groups in total. The molecular formula is C19H26N4O. The topological polar surface area (TPSA) is 44.4 Å². The molecule has 2 bridgehead atoms. The number of aromatic nitrogens is 2. The number of fused-ring (bicyclic) bond motifs is 4. The summed E-state index contributed by atoms with van der Waals surface area (Å²) in [4.78, 5) is 12.9. The molecule has 3 fully saturated rings. The standard InChI is InChI=1S/C19H26N4O/c1-24-18-6-3-15(4-7-18)10-22-11-16-2-5-17(13-22)23(12-16)14-19-20-8-9-21-19/h3-4,6-9,16-17H,2,5,10-14H2,1H3,(H,20,21)/t16-,17+/m1/s1. The van der Waals surface area contributed by atoms with E-state index >= 15 is 0 Å². The highest BCUT2D eigenvalue weighted by molar-refractivity contribution is 5.27. The van der Waals surface area contributed by atoms with Crippen LogP contribution < -0.4 is 4.74 Å². The van der Waals surface area contributed by atoms with Gasteiger partial charge in [-0.05, 0) is 36.5 Å². The average molecular weight is 326 g/mol. The molecule has 0 radical (unpaired) electrons. The fourth-order valence-electron chi connectivity index (χ4n) is 4.16. The van der Waals surface area contributed by atoms with Crippen LogP contribution in [0.3, 0.4) is 0 Å². The highest BCUT2D eigenvalue weighted by Crippen LogP contribution is 2.29. The van der Waals surface area contributed by atoms with Gasteiger partial charge in [0.2, 0.25) is 0 Å². The van der Waals surface area contributed by atoms with E-state index < -0.39 is 0 Å². The first-order chi connectivity index (χ1) is 11.8. The molecule has 0 amide bonds. The fourth-order valence-corrected chi connectivity index (χ4v) is 4.16. The van der Waals surface area contributed by atoms with Crippen LogP contribution >= 0.6 is 0 Å². The molecule has 0 saturated carbocycles. The number of hydrogen-bond donors (Lipinski definition) is 1. The van der Waals surface area contributed by atoms with Crippen molar-refractivity contribution >= 4 is 0 Å². The van der Waals surface area contributed by atoms with Crippen LogP contribution in [0, 0.1) is 5.92 Å². The maximum absolute atomic E-state index is 5.26. The number of aromatic amines is 1. The fraction of sp³-hybridized carbons (Fsp3) is 0.526. The van der Waals surface area contributed by atoms with E-state index in [1.165, 1.54) is 31.5 Å². The number of nitrogens with zero attached hydrogens (tertiary/aromatic N) is 3. The average Bonchev–Trinajstić information content (AvgIpc) is 2.96. The summed E-state index contributed by atoms with van der Waals surface area (Å²) in [6.45, 7) is 5.54. The van der Waals surface area contributed by atoms with Gasteiger partial charge in [0.05, 0.1) is 13.7 Å². The Morgan fingerprint density at radius 3 is 2.75 bits per heavy atom. The van der Waals surface area contributed by atoms with E-state index in [4.69, 9.17) is 4.74 Å². The van der Waals surface area contributed by atoms with Crippen molar-refractivity contribution in [1.82, 2.24) is 19.8 Å². The lowest BCUT2D eigenvalue weighted by Gasteiger charge is -2.35. The van der Waals surface area contributed by atoms with Crippen LogP contribution in [-0.2, 0) is 13.1 Å². The van der Waals surface area contributed by atoms with Gasteiger partial charge < -0.3 is 9.72 Å². The Bertz CT molecular complexity index is 640. The van der Waals surface area contributed by atoms with Gasteiger partial charge in [-0.1, -0.05) is 12.1 Å². The molecule has 128 valence electrons. The predicted octanol–water partition coefficient (Wildman–Crippen LogP) is 2.51. The van der Waals surface area contributed by atoms with Crippen LogP contribution in [0.5, 0.6) is 5.75 Å². The Kier molecular flexibility index (Phi) is 4.54. The highest BCUT2D eigenvalue weighted by Gasteiger charge is 2.34. The lowest BCUT2D eigenvalue weighted by Crippen LogP contribution is -2.43. The van der Waals surface area contributed by atoms with Crippen LogP contribution in [0.25, 0.3) is 0 Å². The zero-order valence-corrected chi connectivity index (χ0v) is 14.3. The number of piperidine rings is 1. The van der Waals surface area contributed by atoms with Gasteiger partial charge in [-0.15, -0.1) is 0 Å². The largest absolute Gasteiger partial charge is 0.497 e. The van der Waals surface area contributed by atoms with Gasteiger partial charge in [-0.2, -0.15) is 0 Å². The molecular weight excluding hydrogens is 300 g/mol. The molecule has 0 unspecified atom stereocenters. The van der Waals surface area contributed by atoms with E-state index in [2.05, 4.69) is 44.0 Å². The van der Waals surface area contributed by atoms with Crippen molar-refractivity contribution in [2.75, 3.05) is 26.7 Å². The first kappa shape index (κ1) is 15.7. The van der Waals surface area contributed by atoms with Crippen molar-refractivity contribution in [2.24, 2.45) is 5.92 Å². The predicted molar refractivity (Wildman–Crippen MR) is 93.8 cm³/mol. The normalized spacial score (nSPS) is 24.9. The molecule has 1 aromatic heterocycles. The summed E-state index contributed by atoms with van der Waals surface area (Å²) in [5.74, 6) is 2.79. The molecule has 2 aromatic rings. The van der Waals surface area contributed by atoms with Gasteiger partial charge in [0.15, 0.2) is 0 Å². The molecule has 0 spiro atoms. The Balaban J connectivity index is 1.41. The number of H-pyrrole nitrogens is 1. The highest BCUT2D eigenvalue weighted by atomic mass is 16.5. The van der Waals surface area contributed by atoms with E-state index in [-0.39, 0.29) is 0 Å².